The second kappa shape index (κ2) is 25.7. The van der Waals surface area contributed by atoms with E-state index in [2.05, 4.69) is 9.88 Å². The maximum absolute atomic E-state index is 15.1. The Labute approximate surface area is 488 Å². The molecule has 436 valence electrons. The maximum Gasteiger partial charge on any atom is 0.326 e. The highest BCUT2D eigenvalue weighted by molar-refractivity contribution is 6.30. The number of hydrogen-bond acceptors (Lipinski definition) is 13. The molecule has 2 saturated heterocycles. The monoisotopic (exact) mass is 1150 g/mol. The van der Waals surface area contributed by atoms with Crippen molar-refractivity contribution in [2.75, 3.05) is 83.9 Å². The van der Waals surface area contributed by atoms with Gasteiger partial charge in [-0.25, -0.2) is 14.2 Å². The van der Waals surface area contributed by atoms with E-state index < -0.39 is 17.9 Å². The first kappa shape index (κ1) is 58.3. The molecule has 18 nitrogen and oxygen atoms in total. The zero-order valence-electron chi connectivity index (χ0n) is 48.0. The summed E-state index contributed by atoms with van der Waals surface area (Å²) in [6.07, 6.45) is 4.25. The summed E-state index contributed by atoms with van der Waals surface area (Å²) in [7, 11) is 3.32. The second-order valence-corrected chi connectivity index (χ2v) is 22.3. The minimum absolute atomic E-state index is 0.0594. The van der Waals surface area contributed by atoms with Gasteiger partial charge in [-0.05, 0) is 112 Å². The van der Waals surface area contributed by atoms with Gasteiger partial charge in [-0.15, -0.1) is 0 Å². The van der Waals surface area contributed by atoms with Gasteiger partial charge in [0.2, 0.25) is 5.91 Å². The number of amidine groups is 1. The van der Waals surface area contributed by atoms with Gasteiger partial charge in [0.1, 0.15) is 47.3 Å². The third-order valence-corrected chi connectivity index (χ3v) is 16.1. The number of ketones is 1. The summed E-state index contributed by atoms with van der Waals surface area (Å²) < 4.78 is 40.2. The number of piperazine rings is 1. The molecule has 20 heteroatoms. The van der Waals surface area contributed by atoms with Gasteiger partial charge in [-0.1, -0.05) is 53.6 Å². The van der Waals surface area contributed by atoms with E-state index in [9.17, 15) is 18.8 Å². The lowest BCUT2D eigenvalue weighted by atomic mass is 9.93. The Bertz CT molecular complexity index is 3390. The second-order valence-electron chi connectivity index (χ2n) is 21.9. The highest BCUT2D eigenvalue weighted by Gasteiger charge is 2.46. The number of carbonyl (C=O) groups excluding carboxylic acids is 4. The first-order chi connectivity index (χ1) is 40.1. The number of carbonyl (C=O) groups is 4. The lowest BCUT2D eigenvalue weighted by Crippen LogP contribution is -2.56. The number of nitrogens with two attached hydrogens (primary N) is 1. The van der Waals surface area contributed by atoms with E-state index in [4.69, 9.17) is 46.4 Å². The molecular weight excluding hydrogens is 1080 g/mol. The van der Waals surface area contributed by atoms with E-state index in [-0.39, 0.29) is 88.3 Å². The summed E-state index contributed by atoms with van der Waals surface area (Å²) in [5, 5.41) is 5.54. The topological polar surface area (TPSA) is 190 Å². The van der Waals surface area contributed by atoms with E-state index >= 15 is 4.79 Å². The highest BCUT2D eigenvalue weighted by atomic mass is 35.5. The standard InChI is InChI=1S/C63H72ClFN10O8/c1-39(2)83-55-35-48(80-6)20-22-50(55)61-68-58(42-13-11-40(3)12-14-42)59(43-15-17-45(64)18-16-43)75(61)63(79)72-27-26-71(56(77)38-72)28-30-82-32-31-81-29-23-47(76)9-7-25-74-41(4)57-44-33-54(60(66)67-36-44)73-24-8-10-53(73)51-34-46(65)19-21-49(51)62(78)70(5)37-52(57)69-74/h11-22,33-36,39,53,58-59H,7-10,23-32,37-38H2,1-6H3,(H2,66,67)/t53-,58+,59-/m1/s1. The molecule has 0 unspecified atom stereocenters. The summed E-state index contributed by atoms with van der Waals surface area (Å²) in [4.78, 5) is 74.8. The van der Waals surface area contributed by atoms with Gasteiger partial charge in [-0.3, -0.25) is 29.0 Å². The number of nitrogen functional groups attached to an aromatic ring is 1. The van der Waals surface area contributed by atoms with Gasteiger partial charge in [0, 0.05) is 92.3 Å². The number of methoxy groups -OCH3 is 1. The van der Waals surface area contributed by atoms with Crippen LogP contribution in [0.2, 0.25) is 5.02 Å². The van der Waals surface area contributed by atoms with Crippen LogP contribution in [-0.2, 0) is 32.2 Å². The largest absolute Gasteiger partial charge is 0.497 e. The van der Waals surface area contributed by atoms with Crippen molar-refractivity contribution in [3.8, 4) is 22.6 Å². The molecule has 6 aromatic rings. The number of aliphatic imine (C=N–C) groups is 1. The van der Waals surface area contributed by atoms with Crippen molar-refractivity contribution < 1.29 is 42.5 Å². The van der Waals surface area contributed by atoms with Crippen LogP contribution in [0, 0.1) is 19.7 Å². The number of urea groups is 1. The lowest BCUT2D eigenvalue weighted by molar-refractivity contribution is -0.135. The van der Waals surface area contributed by atoms with Crippen LogP contribution in [-0.4, -0.2) is 143 Å². The molecule has 0 aliphatic carbocycles. The third kappa shape index (κ3) is 12.9. The number of rotatable bonds is 19. The first-order valence-electron chi connectivity index (χ1n) is 28.5. The molecule has 0 saturated carbocycles. The molecule has 0 radical (unpaired) electrons. The zero-order chi connectivity index (χ0) is 58.5. The third-order valence-electron chi connectivity index (χ3n) is 15.9. The first-order valence-corrected chi connectivity index (χ1v) is 28.9. The average Bonchev–Trinajstić information content (AvgIpc) is 3.26. The number of amides is 4. The zero-order valence-corrected chi connectivity index (χ0v) is 48.7. The predicted octanol–water partition coefficient (Wildman–Crippen LogP) is 9.94. The van der Waals surface area contributed by atoms with Gasteiger partial charge in [0.25, 0.3) is 5.91 Å². The molecule has 6 heterocycles. The van der Waals surface area contributed by atoms with E-state index in [1.807, 2.05) is 87.0 Å². The number of nitrogens with zero attached hydrogens (tertiary/aromatic N) is 9. The molecule has 83 heavy (non-hydrogen) atoms. The van der Waals surface area contributed by atoms with Gasteiger partial charge in [0.15, 0.2) is 0 Å². The van der Waals surface area contributed by atoms with Crippen LogP contribution in [0.25, 0.3) is 11.1 Å². The summed E-state index contributed by atoms with van der Waals surface area (Å²) in [6.45, 7) is 11.1. The molecule has 4 aliphatic rings. The molecule has 4 amide bonds. The summed E-state index contributed by atoms with van der Waals surface area (Å²) in [6, 6.07) is 25.8. The number of ether oxygens (including phenoxy) is 4. The van der Waals surface area contributed by atoms with E-state index in [0.717, 1.165) is 52.0 Å². The Morgan fingerprint density at radius 1 is 0.843 bits per heavy atom. The number of aromatic nitrogens is 3. The number of halogens is 2. The van der Waals surface area contributed by atoms with E-state index in [1.54, 1.807) is 64.2 Å². The molecule has 2 N–H and O–H groups in total. The van der Waals surface area contributed by atoms with Crippen LogP contribution >= 0.6 is 11.6 Å². The van der Waals surface area contributed by atoms with Gasteiger partial charge >= 0.3 is 6.03 Å². The number of Topliss-reactive ketones (excluding diaryl/α,β-unsaturated/α-hetero) is 1. The number of fused-ring (bicyclic) bond motifs is 8. The van der Waals surface area contributed by atoms with E-state index in [1.165, 1.54) is 12.1 Å². The quantitative estimate of drug-likeness (QED) is 0.0757. The van der Waals surface area contributed by atoms with Crippen molar-refractivity contribution >= 4 is 52.6 Å². The van der Waals surface area contributed by atoms with Crippen LogP contribution in [0.1, 0.15) is 114 Å². The number of benzene rings is 4. The molecule has 4 aliphatic heterocycles. The van der Waals surface area contributed by atoms with Crippen molar-refractivity contribution in [3.63, 3.8) is 0 Å². The van der Waals surface area contributed by atoms with Crippen LogP contribution in [0.4, 0.5) is 20.7 Å². The van der Waals surface area contributed by atoms with Crippen LogP contribution in [0.5, 0.6) is 11.5 Å². The van der Waals surface area contributed by atoms with Crippen LogP contribution < -0.4 is 20.1 Å². The minimum atomic E-state index is -0.584. The van der Waals surface area contributed by atoms with Crippen molar-refractivity contribution in [1.29, 1.82) is 0 Å². The summed E-state index contributed by atoms with van der Waals surface area (Å²) in [5.74, 6) is 1.11. The summed E-state index contributed by atoms with van der Waals surface area (Å²) in [5.41, 5.74) is 15.0. The number of aryl methyl sites for hydroxylation is 2. The Kier molecular flexibility index (Phi) is 18.1. The summed E-state index contributed by atoms with van der Waals surface area (Å²) >= 11 is 6.41. The van der Waals surface area contributed by atoms with Crippen LogP contribution in [0.15, 0.2) is 102 Å². The fourth-order valence-corrected chi connectivity index (χ4v) is 11.8. The molecule has 2 aromatic heterocycles. The normalized spacial score (nSPS) is 18.0. The molecule has 4 aromatic carbocycles. The molecule has 2 bridgehead atoms. The fourth-order valence-electron chi connectivity index (χ4n) is 11.6. The molecule has 2 fully saturated rings. The Hall–Kier alpha value is -7.87. The maximum atomic E-state index is 15.1. The Balaban J connectivity index is 0.706. The number of anilines is 2. The smallest absolute Gasteiger partial charge is 0.326 e. The highest BCUT2D eigenvalue weighted by Crippen LogP contribution is 2.47. The van der Waals surface area contributed by atoms with Crippen molar-refractivity contribution in [1.82, 2.24) is 34.4 Å². The van der Waals surface area contributed by atoms with Crippen LogP contribution in [0.3, 0.4) is 0 Å². The average molecular weight is 1150 g/mol. The van der Waals surface area contributed by atoms with E-state index in [0.29, 0.717) is 89.6 Å². The van der Waals surface area contributed by atoms with Gasteiger partial charge in [-0.2, -0.15) is 5.10 Å². The molecule has 0 spiro atoms. The lowest BCUT2D eigenvalue weighted by Gasteiger charge is -2.38. The number of hydrogen-bond donors (Lipinski definition) is 1. The fraction of sp³-hybridized carbons (Fsp3) is 0.413. The van der Waals surface area contributed by atoms with Gasteiger partial charge < -0.3 is 44.3 Å². The van der Waals surface area contributed by atoms with Crippen molar-refractivity contribution in [2.45, 2.75) is 97.1 Å². The molecular formula is C63H72ClFN10O8. The Morgan fingerprint density at radius 3 is 2.34 bits per heavy atom. The SMILES string of the molecule is COc1ccc(C2=N[C@@H](c3ccc(C)cc3)[C@@H](c3ccc(Cl)cc3)N2C(=O)N2CCN(CCOCCOCCC(=O)CCCn3nc4c(c3C)-c3cnc(N)c(c3)N3CCC[C@@H]3c3cc(F)ccc3C(=O)N(C)C4)C(=O)C2)c(OC(C)C)c1. The molecule has 3 atom stereocenters. The molecule has 10 rings (SSSR count). The van der Waals surface area contributed by atoms with Crippen molar-refractivity contribution in [3.05, 3.63) is 153 Å². The number of pyridine rings is 1. The predicted molar refractivity (Wildman–Crippen MR) is 315 cm³/mol. The van der Waals surface area contributed by atoms with Crippen molar-refractivity contribution in [2.24, 2.45) is 4.99 Å². The minimum Gasteiger partial charge on any atom is -0.497 e. The Morgan fingerprint density at radius 2 is 1.59 bits per heavy atom. The van der Waals surface area contributed by atoms with Gasteiger partial charge in [0.05, 0.1) is 75.2 Å².